The van der Waals surface area contributed by atoms with Gasteiger partial charge in [0.2, 0.25) is 0 Å². The summed E-state index contributed by atoms with van der Waals surface area (Å²) >= 11 is 0. The first-order chi connectivity index (χ1) is 10.6. The van der Waals surface area contributed by atoms with Gasteiger partial charge in [-0.1, -0.05) is 74.0 Å². The minimum atomic E-state index is -1.01. The molecule has 1 aliphatic rings. The molecule has 0 bridgehead atoms. The molecular formula is C19H22BOP. The molecule has 0 heterocycles. The molecule has 0 aliphatic heterocycles. The lowest BCUT2D eigenvalue weighted by molar-refractivity contribution is 0.0867. The molecule has 1 aliphatic carbocycles. The molecule has 112 valence electrons. The Kier molecular flexibility index (Phi) is 4.71. The molecule has 0 saturated heterocycles. The maximum atomic E-state index is 10.6. The monoisotopic (exact) mass is 308 g/mol. The van der Waals surface area contributed by atoms with Gasteiger partial charge in [-0.05, 0) is 42.9 Å². The summed E-state index contributed by atoms with van der Waals surface area (Å²) in [7, 11) is 5.66. The molecule has 1 fully saturated rings. The number of hydrogen-bond acceptors (Lipinski definition) is 1. The molecule has 2 aromatic rings. The number of aliphatic hydroxyl groups is 1. The van der Waals surface area contributed by atoms with E-state index < -0.39 is 13.4 Å². The van der Waals surface area contributed by atoms with Crippen molar-refractivity contribution in [3.8, 4) is 0 Å². The highest BCUT2D eigenvalue weighted by Gasteiger charge is 2.42. The van der Waals surface area contributed by atoms with Crippen molar-refractivity contribution in [2.45, 2.75) is 37.3 Å². The molecule has 3 heteroatoms. The zero-order valence-electron chi connectivity index (χ0n) is 13.0. The van der Waals surface area contributed by atoms with E-state index >= 15 is 0 Å². The summed E-state index contributed by atoms with van der Waals surface area (Å²) in [5.74, 6) is 0.166. The molecule has 0 unspecified atom stereocenters. The highest BCUT2D eigenvalue weighted by Crippen LogP contribution is 2.49. The van der Waals surface area contributed by atoms with Crippen LogP contribution in [0.25, 0.3) is 0 Å². The number of benzene rings is 2. The highest BCUT2D eigenvalue weighted by atomic mass is 31.1. The fourth-order valence-electron chi connectivity index (χ4n) is 3.68. The number of hydrogen-bond donors (Lipinski definition) is 1. The minimum absolute atomic E-state index is 0.166. The molecule has 0 aromatic heterocycles. The van der Waals surface area contributed by atoms with E-state index in [1.165, 1.54) is 10.6 Å². The van der Waals surface area contributed by atoms with E-state index in [0.717, 1.165) is 19.3 Å². The van der Waals surface area contributed by atoms with Gasteiger partial charge in [0, 0.05) is 5.50 Å². The summed E-state index contributed by atoms with van der Waals surface area (Å²) in [6.07, 6.45) is 2.76. The second kappa shape index (κ2) is 6.56. The van der Waals surface area contributed by atoms with Crippen molar-refractivity contribution < 1.29 is 5.11 Å². The molecule has 22 heavy (non-hydrogen) atoms. The van der Waals surface area contributed by atoms with Crippen molar-refractivity contribution in [3.63, 3.8) is 0 Å². The Labute approximate surface area is 135 Å². The molecule has 0 spiro atoms. The second-order valence-corrected chi connectivity index (χ2v) is 8.86. The third-order valence-electron chi connectivity index (χ3n) is 4.79. The van der Waals surface area contributed by atoms with Gasteiger partial charge in [-0.3, -0.25) is 0 Å². The SMILES string of the molecule is [B][C@@]1(O)CCC[C@@H]1[C@H](C)P(c1ccccc1)c1ccccc1. The van der Waals surface area contributed by atoms with E-state index in [-0.39, 0.29) is 5.92 Å². The molecular weight excluding hydrogens is 286 g/mol. The predicted molar refractivity (Wildman–Crippen MR) is 96.6 cm³/mol. The summed E-state index contributed by atoms with van der Waals surface area (Å²) in [5.41, 5.74) is -0.652. The minimum Gasteiger partial charge on any atom is -0.399 e. The summed E-state index contributed by atoms with van der Waals surface area (Å²) in [6.45, 7) is 2.26. The van der Waals surface area contributed by atoms with Crippen molar-refractivity contribution in [3.05, 3.63) is 60.7 Å². The molecule has 0 amide bonds. The first-order valence-corrected chi connectivity index (χ1v) is 9.41. The molecule has 1 saturated carbocycles. The lowest BCUT2D eigenvalue weighted by atomic mass is 9.72. The van der Waals surface area contributed by atoms with E-state index in [2.05, 4.69) is 67.6 Å². The summed E-state index contributed by atoms with van der Waals surface area (Å²) < 4.78 is 0. The molecule has 1 N–H and O–H groups in total. The third-order valence-corrected chi connectivity index (χ3v) is 7.68. The standard InChI is InChI=1S/C19H22BOP/c1-15(18-13-8-14-19(18,20)21)22(16-9-4-2-5-10-16)17-11-6-3-7-12-17/h2-7,9-12,15,18,21H,8,13-14H2,1H3/t15-,18+,19+/m0/s1. The van der Waals surface area contributed by atoms with E-state index in [0.29, 0.717) is 5.66 Å². The van der Waals surface area contributed by atoms with Gasteiger partial charge in [0.25, 0.3) is 0 Å². The van der Waals surface area contributed by atoms with Crippen LogP contribution in [0.1, 0.15) is 26.2 Å². The molecule has 3 rings (SSSR count). The van der Waals surface area contributed by atoms with E-state index in [1.54, 1.807) is 0 Å². The van der Waals surface area contributed by atoms with Gasteiger partial charge in [-0.2, -0.15) is 0 Å². The summed E-state index contributed by atoms with van der Waals surface area (Å²) in [5, 5.41) is 13.3. The van der Waals surface area contributed by atoms with Crippen LogP contribution in [0.4, 0.5) is 0 Å². The lowest BCUT2D eigenvalue weighted by Gasteiger charge is -2.37. The van der Waals surface area contributed by atoms with Crippen LogP contribution >= 0.6 is 7.92 Å². The second-order valence-electron chi connectivity index (χ2n) is 6.27. The van der Waals surface area contributed by atoms with Gasteiger partial charge < -0.3 is 5.11 Å². The largest absolute Gasteiger partial charge is 0.399 e. The Balaban J connectivity index is 1.99. The van der Waals surface area contributed by atoms with E-state index in [9.17, 15) is 5.11 Å². The van der Waals surface area contributed by atoms with E-state index in [1.807, 2.05) is 0 Å². The molecule has 1 nitrogen and oxygen atoms in total. The van der Waals surface area contributed by atoms with Crippen molar-refractivity contribution >= 4 is 26.4 Å². The van der Waals surface area contributed by atoms with Crippen LogP contribution in [0.3, 0.4) is 0 Å². The number of rotatable bonds is 4. The summed E-state index contributed by atoms with van der Waals surface area (Å²) in [6, 6.07) is 21.3. The quantitative estimate of drug-likeness (QED) is 0.679. The molecule has 2 aromatic carbocycles. The zero-order valence-corrected chi connectivity index (χ0v) is 13.9. The zero-order chi connectivity index (χ0) is 15.6. The van der Waals surface area contributed by atoms with Gasteiger partial charge in [0.05, 0.1) is 0 Å². The fraction of sp³-hybridized carbons (Fsp3) is 0.368. The average molecular weight is 308 g/mol. The van der Waals surface area contributed by atoms with Crippen molar-refractivity contribution in [1.82, 2.24) is 0 Å². The van der Waals surface area contributed by atoms with Gasteiger partial charge >= 0.3 is 0 Å². The van der Waals surface area contributed by atoms with Crippen LogP contribution in [0.2, 0.25) is 0 Å². The van der Waals surface area contributed by atoms with Crippen LogP contribution in [0, 0.1) is 5.92 Å². The van der Waals surface area contributed by atoms with Crippen molar-refractivity contribution in [2.24, 2.45) is 5.92 Å². The first kappa shape index (κ1) is 15.8. The Bertz CT molecular complexity index is 560. The predicted octanol–water partition coefficient (Wildman–Crippen LogP) is 3.17. The Hall–Kier alpha value is -1.11. The highest BCUT2D eigenvalue weighted by molar-refractivity contribution is 7.73. The molecule has 2 radical (unpaired) electrons. The maximum absolute atomic E-state index is 10.6. The first-order valence-electron chi connectivity index (χ1n) is 8.00. The topological polar surface area (TPSA) is 20.2 Å². The Morgan fingerprint density at radius 3 is 1.95 bits per heavy atom. The molecule has 3 atom stereocenters. The van der Waals surface area contributed by atoms with Crippen LogP contribution < -0.4 is 10.6 Å². The lowest BCUT2D eigenvalue weighted by Crippen LogP contribution is -2.40. The van der Waals surface area contributed by atoms with Gasteiger partial charge in [0.15, 0.2) is 0 Å². The maximum Gasteiger partial charge on any atom is 0.113 e. The van der Waals surface area contributed by atoms with Gasteiger partial charge in [-0.25, -0.2) is 0 Å². The van der Waals surface area contributed by atoms with Crippen LogP contribution in [-0.2, 0) is 0 Å². The average Bonchev–Trinajstić information content (AvgIpc) is 2.89. The smallest absolute Gasteiger partial charge is 0.113 e. The normalized spacial score (nSPS) is 26.2. The van der Waals surface area contributed by atoms with Gasteiger partial charge in [0.1, 0.15) is 7.85 Å². The third kappa shape index (κ3) is 3.14. The fourth-order valence-corrected chi connectivity index (χ4v) is 6.67. The Morgan fingerprint density at radius 2 is 1.55 bits per heavy atom. The Morgan fingerprint density at radius 1 is 1.05 bits per heavy atom. The van der Waals surface area contributed by atoms with Crippen LogP contribution in [0.15, 0.2) is 60.7 Å². The van der Waals surface area contributed by atoms with Crippen LogP contribution in [-0.4, -0.2) is 24.1 Å². The van der Waals surface area contributed by atoms with Crippen molar-refractivity contribution in [1.29, 1.82) is 0 Å². The van der Waals surface area contributed by atoms with Crippen molar-refractivity contribution in [2.75, 3.05) is 0 Å². The van der Waals surface area contributed by atoms with Gasteiger partial charge in [-0.15, -0.1) is 0 Å². The van der Waals surface area contributed by atoms with Crippen LogP contribution in [0.5, 0.6) is 0 Å². The summed E-state index contributed by atoms with van der Waals surface area (Å²) in [4.78, 5) is 0. The van der Waals surface area contributed by atoms with E-state index in [4.69, 9.17) is 7.85 Å².